The molecule has 1 aliphatic heterocycles. The van der Waals surface area contributed by atoms with E-state index in [0.717, 1.165) is 5.75 Å². The normalized spacial score (nSPS) is 20.0. The number of nitrogen functional groups attached to an aromatic ring is 1. The summed E-state index contributed by atoms with van der Waals surface area (Å²) in [4.78, 5) is 0.0174. The van der Waals surface area contributed by atoms with Gasteiger partial charge in [-0.25, -0.2) is 8.42 Å². The van der Waals surface area contributed by atoms with E-state index in [0.29, 0.717) is 13.1 Å². The molecule has 1 heterocycles. The minimum Gasteiger partial charge on any atom is -0.396 e. The van der Waals surface area contributed by atoms with Gasteiger partial charge in [0.15, 0.2) is 0 Å². The number of thioether (sulfide) groups is 1. The molecule has 0 unspecified atom stereocenters. The van der Waals surface area contributed by atoms with E-state index in [4.69, 9.17) is 28.9 Å². The molecule has 8 heteroatoms. The molecule has 1 saturated heterocycles. The van der Waals surface area contributed by atoms with Gasteiger partial charge in [-0.1, -0.05) is 23.2 Å². The lowest BCUT2D eigenvalue weighted by Crippen LogP contribution is -2.46. The molecule has 1 aromatic carbocycles. The Labute approximate surface area is 133 Å². The third kappa shape index (κ3) is 3.04. The van der Waals surface area contributed by atoms with Crippen molar-refractivity contribution in [2.75, 3.05) is 24.6 Å². The number of rotatable bonds is 2. The van der Waals surface area contributed by atoms with Crippen molar-refractivity contribution in [3.63, 3.8) is 0 Å². The smallest absolute Gasteiger partial charge is 0.244 e. The first kappa shape index (κ1) is 16.2. The maximum Gasteiger partial charge on any atom is 0.244 e. The fraction of sp³-hybridized carbons (Fsp3) is 0.500. The number of anilines is 1. The predicted octanol–water partition coefficient (Wildman–Crippen LogP) is 3.09. The number of halogens is 2. The molecule has 0 amide bonds. The van der Waals surface area contributed by atoms with Crippen LogP contribution in [-0.4, -0.2) is 36.3 Å². The van der Waals surface area contributed by atoms with E-state index in [1.54, 1.807) is 11.8 Å². The third-order valence-corrected chi connectivity index (χ3v) is 7.13. The second-order valence-electron chi connectivity index (χ2n) is 5.22. The molecular formula is C12H16Cl2N2O2S2. The molecule has 0 spiro atoms. The van der Waals surface area contributed by atoms with Gasteiger partial charge in [0, 0.05) is 23.6 Å². The molecule has 0 atom stereocenters. The van der Waals surface area contributed by atoms with E-state index >= 15 is 0 Å². The predicted molar refractivity (Wildman–Crippen MR) is 86.2 cm³/mol. The summed E-state index contributed by atoms with van der Waals surface area (Å²) >= 11 is 13.7. The van der Waals surface area contributed by atoms with E-state index in [-0.39, 0.29) is 25.4 Å². The van der Waals surface area contributed by atoms with Gasteiger partial charge in [0.05, 0.1) is 15.7 Å². The molecule has 20 heavy (non-hydrogen) atoms. The van der Waals surface area contributed by atoms with Crippen molar-refractivity contribution in [2.24, 2.45) is 0 Å². The van der Waals surface area contributed by atoms with Crippen LogP contribution in [0.5, 0.6) is 0 Å². The maximum absolute atomic E-state index is 12.7. The van der Waals surface area contributed by atoms with Crippen molar-refractivity contribution in [2.45, 2.75) is 23.5 Å². The number of nitrogens with zero attached hydrogens (tertiary/aromatic N) is 1. The van der Waals surface area contributed by atoms with Crippen LogP contribution in [0, 0.1) is 0 Å². The highest BCUT2D eigenvalue weighted by Gasteiger charge is 2.36. The van der Waals surface area contributed by atoms with Gasteiger partial charge in [-0.2, -0.15) is 16.1 Å². The summed E-state index contributed by atoms with van der Waals surface area (Å²) < 4.78 is 26.7. The number of sulfonamides is 1. The zero-order valence-electron chi connectivity index (χ0n) is 11.2. The van der Waals surface area contributed by atoms with Gasteiger partial charge < -0.3 is 5.73 Å². The van der Waals surface area contributed by atoms with Crippen LogP contribution in [0.1, 0.15) is 13.8 Å². The highest BCUT2D eigenvalue weighted by molar-refractivity contribution is 8.00. The fourth-order valence-corrected chi connectivity index (χ4v) is 5.72. The van der Waals surface area contributed by atoms with Gasteiger partial charge in [0.1, 0.15) is 4.90 Å². The van der Waals surface area contributed by atoms with E-state index < -0.39 is 10.0 Å². The van der Waals surface area contributed by atoms with Crippen LogP contribution in [0.4, 0.5) is 5.69 Å². The van der Waals surface area contributed by atoms with Gasteiger partial charge in [0.25, 0.3) is 0 Å². The summed E-state index contributed by atoms with van der Waals surface area (Å²) in [5.74, 6) is 0.757. The number of nitrogens with two attached hydrogens (primary N) is 1. The Bertz CT molecular complexity index is 633. The van der Waals surface area contributed by atoms with Crippen molar-refractivity contribution in [3.8, 4) is 0 Å². The quantitative estimate of drug-likeness (QED) is 0.828. The lowest BCUT2D eigenvalue weighted by molar-refractivity contribution is 0.387. The SMILES string of the molecule is CC1(C)CN(S(=O)(=O)c2ccc(Cl)c(N)c2Cl)CCS1. The Balaban J connectivity index is 2.43. The van der Waals surface area contributed by atoms with Crippen LogP contribution < -0.4 is 5.73 Å². The summed E-state index contributed by atoms with van der Waals surface area (Å²) in [5.41, 5.74) is 5.81. The lowest BCUT2D eigenvalue weighted by Gasteiger charge is -2.36. The molecule has 1 aromatic rings. The molecule has 1 fully saturated rings. The number of hydrogen-bond donors (Lipinski definition) is 1. The topological polar surface area (TPSA) is 63.4 Å². The summed E-state index contributed by atoms with van der Waals surface area (Å²) in [6.07, 6.45) is 0. The van der Waals surface area contributed by atoms with Gasteiger partial charge in [-0.3, -0.25) is 0 Å². The van der Waals surface area contributed by atoms with E-state index in [1.165, 1.54) is 16.4 Å². The average Bonchev–Trinajstić information content (AvgIpc) is 2.34. The Hall–Kier alpha value is -0.140. The first-order chi connectivity index (χ1) is 9.15. The Kier molecular flexibility index (Phi) is 4.52. The number of hydrogen-bond acceptors (Lipinski definition) is 4. The average molecular weight is 355 g/mol. The highest BCUT2D eigenvalue weighted by Crippen LogP contribution is 2.37. The largest absolute Gasteiger partial charge is 0.396 e. The van der Waals surface area contributed by atoms with E-state index in [1.807, 2.05) is 13.8 Å². The Morgan fingerprint density at radius 2 is 2.00 bits per heavy atom. The van der Waals surface area contributed by atoms with Gasteiger partial charge in [-0.15, -0.1) is 0 Å². The zero-order chi connectivity index (χ0) is 15.1. The van der Waals surface area contributed by atoms with Gasteiger partial charge in [0.2, 0.25) is 10.0 Å². The molecule has 2 N–H and O–H groups in total. The molecular weight excluding hydrogens is 339 g/mol. The lowest BCUT2D eigenvalue weighted by atomic mass is 10.2. The maximum atomic E-state index is 12.7. The van der Waals surface area contributed by atoms with Crippen LogP contribution in [0.15, 0.2) is 17.0 Å². The summed E-state index contributed by atoms with van der Waals surface area (Å²) in [6, 6.07) is 2.87. The fourth-order valence-electron chi connectivity index (χ4n) is 2.07. The van der Waals surface area contributed by atoms with Crippen LogP contribution in [0.25, 0.3) is 0 Å². The molecule has 112 valence electrons. The zero-order valence-corrected chi connectivity index (χ0v) is 14.3. The molecule has 4 nitrogen and oxygen atoms in total. The van der Waals surface area contributed by atoms with Crippen molar-refractivity contribution in [1.29, 1.82) is 0 Å². The summed E-state index contributed by atoms with van der Waals surface area (Å²) in [7, 11) is -3.65. The second-order valence-corrected chi connectivity index (χ2v) is 9.71. The summed E-state index contributed by atoms with van der Waals surface area (Å²) in [5, 5.41) is 0.247. The third-order valence-electron chi connectivity index (χ3n) is 3.10. The first-order valence-electron chi connectivity index (χ1n) is 6.03. The van der Waals surface area contributed by atoms with Crippen LogP contribution >= 0.6 is 35.0 Å². The Morgan fingerprint density at radius 1 is 1.35 bits per heavy atom. The number of benzene rings is 1. The van der Waals surface area contributed by atoms with Gasteiger partial charge in [-0.05, 0) is 26.0 Å². The molecule has 2 rings (SSSR count). The first-order valence-corrected chi connectivity index (χ1v) is 9.21. The second kappa shape index (κ2) is 5.57. The molecule has 0 bridgehead atoms. The molecule has 0 radical (unpaired) electrons. The minimum absolute atomic E-state index is 0.00599. The Morgan fingerprint density at radius 3 is 2.60 bits per heavy atom. The summed E-state index contributed by atoms with van der Waals surface area (Å²) in [6.45, 7) is 4.96. The monoisotopic (exact) mass is 354 g/mol. The van der Waals surface area contributed by atoms with Gasteiger partial charge >= 0.3 is 0 Å². The van der Waals surface area contributed by atoms with E-state index in [9.17, 15) is 8.42 Å². The van der Waals surface area contributed by atoms with Crippen molar-refractivity contribution in [3.05, 3.63) is 22.2 Å². The molecule has 0 aliphatic carbocycles. The van der Waals surface area contributed by atoms with E-state index in [2.05, 4.69) is 0 Å². The molecule has 0 aromatic heterocycles. The molecule has 0 saturated carbocycles. The minimum atomic E-state index is -3.65. The standard InChI is InChI=1S/C12H16Cl2N2O2S2/c1-12(2)7-16(5-6-19-12)20(17,18)9-4-3-8(13)11(15)10(9)14/h3-4H,5-7,15H2,1-2H3. The van der Waals surface area contributed by atoms with Crippen LogP contribution in [-0.2, 0) is 10.0 Å². The van der Waals surface area contributed by atoms with Crippen molar-refractivity contribution in [1.82, 2.24) is 4.31 Å². The highest BCUT2D eigenvalue weighted by atomic mass is 35.5. The van der Waals surface area contributed by atoms with Crippen LogP contribution in [0.2, 0.25) is 10.0 Å². The molecule has 1 aliphatic rings. The van der Waals surface area contributed by atoms with Crippen molar-refractivity contribution < 1.29 is 8.42 Å². The van der Waals surface area contributed by atoms with Crippen LogP contribution in [0.3, 0.4) is 0 Å². The van der Waals surface area contributed by atoms with Crippen molar-refractivity contribution >= 4 is 50.7 Å².